The molecule has 1 aromatic heterocycles. The van der Waals surface area contributed by atoms with Gasteiger partial charge in [-0.05, 0) is 12.1 Å². The number of hydrogen-bond donors (Lipinski definition) is 0. The minimum Gasteiger partial charge on any atom is -0.267 e. The van der Waals surface area contributed by atoms with Crippen LogP contribution in [0, 0.1) is 0 Å². The molecule has 60 valence electrons. The molecule has 0 fully saturated rings. The molecular weight excluding hydrogens is 176 g/mol. The molecule has 3 nitrogen and oxygen atoms in total. The molecule has 1 heterocycles. The molecule has 0 bridgehead atoms. The molecule has 0 amide bonds. The summed E-state index contributed by atoms with van der Waals surface area (Å²) in [5, 5.41) is 0.537. The van der Waals surface area contributed by atoms with E-state index < -0.39 is 0 Å². The lowest BCUT2D eigenvalue weighted by Crippen LogP contribution is -2.12. The molecule has 1 aromatic carbocycles. The Balaban J connectivity index is 3.01. The van der Waals surface area contributed by atoms with Crippen LogP contribution < -0.4 is 5.56 Å². The van der Waals surface area contributed by atoms with Gasteiger partial charge in [0.1, 0.15) is 6.33 Å². The Kier molecular flexibility index (Phi) is 1.59. The van der Waals surface area contributed by atoms with Gasteiger partial charge in [0.05, 0.1) is 10.9 Å². The Labute approximate surface area is 73.3 Å². The molecule has 0 spiro atoms. The highest BCUT2D eigenvalue weighted by atomic mass is 35.5. The number of benzene rings is 1. The second kappa shape index (κ2) is 2.60. The molecule has 4 heteroatoms. The zero-order chi connectivity index (χ0) is 8.55. The summed E-state index contributed by atoms with van der Waals surface area (Å²) >= 11 is 5.53. The molecule has 0 aliphatic rings. The van der Waals surface area contributed by atoms with Crippen LogP contribution in [-0.4, -0.2) is 9.07 Å². The standard InChI is InChI=1S/C8H5ClN2O/c9-11-5-10-7-4-2-1-3-6(7)8(11)12/h1-5H. The third-order valence-corrected chi connectivity index (χ3v) is 1.87. The van der Waals surface area contributed by atoms with Crippen molar-refractivity contribution in [1.29, 1.82) is 0 Å². The second-order valence-electron chi connectivity index (χ2n) is 2.38. The fourth-order valence-corrected chi connectivity index (χ4v) is 1.18. The van der Waals surface area contributed by atoms with Gasteiger partial charge in [0.25, 0.3) is 5.56 Å². The Morgan fingerprint density at radius 3 is 2.92 bits per heavy atom. The van der Waals surface area contributed by atoms with Crippen LogP contribution >= 0.6 is 11.8 Å². The van der Waals surface area contributed by atoms with Gasteiger partial charge in [0.2, 0.25) is 0 Å². The number of fused-ring (bicyclic) bond motifs is 1. The van der Waals surface area contributed by atoms with Crippen LogP contribution in [0.5, 0.6) is 0 Å². The average Bonchev–Trinajstić information content (AvgIpc) is 2.12. The fraction of sp³-hybridized carbons (Fsp3) is 0. The van der Waals surface area contributed by atoms with E-state index in [-0.39, 0.29) is 5.56 Å². The van der Waals surface area contributed by atoms with Crippen LogP contribution in [0.15, 0.2) is 35.4 Å². The highest BCUT2D eigenvalue weighted by Gasteiger charge is 1.99. The van der Waals surface area contributed by atoms with Crippen LogP contribution in [0.4, 0.5) is 0 Å². The molecule has 0 saturated heterocycles. The summed E-state index contributed by atoms with van der Waals surface area (Å²) in [6.07, 6.45) is 1.30. The third kappa shape index (κ3) is 0.987. The van der Waals surface area contributed by atoms with Crippen molar-refractivity contribution < 1.29 is 0 Å². The van der Waals surface area contributed by atoms with Gasteiger partial charge in [-0.3, -0.25) is 4.79 Å². The van der Waals surface area contributed by atoms with Gasteiger partial charge in [-0.15, -0.1) is 0 Å². The van der Waals surface area contributed by atoms with Crippen LogP contribution in [0.2, 0.25) is 0 Å². The number of aromatic nitrogens is 2. The van der Waals surface area contributed by atoms with Gasteiger partial charge in [-0.2, -0.15) is 0 Å². The summed E-state index contributed by atoms with van der Waals surface area (Å²) in [5.74, 6) is 0. The molecule has 0 aliphatic carbocycles. The first-order valence-corrected chi connectivity index (χ1v) is 3.75. The Bertz CT molecular complexity index is 478. The minimum absolute atomic E-state index is 0.234. The lowest BCUT2D eigenvalue weighted by Gasteiger charge is -1.95. The third-order valence-electron chi connectivity index (χ3n) is 1.63. The highest BCUT2D eigenvalue weighted by Crippen LogP contribution is 2.04. The molecule has 0 aliphatic heterocycles. The first-order valence-electron chi connectivity index (χ1n) is 3.41. The first kappa shape index (κ1) is 7.31. The zero-order valence-electron chi connectivity index (χ0n) is 6.07. The van der Waals surface area contributed by atoms with E-state index in [1.54, 1.807) is 18.2 Å². The maximum atomic E-state index is 11.3. The molecule has 0 unspecified atom stereocenters. The predicted molar refractivity (Wildman–Crippen MR) is 47.3 cm³/mol. The first-order chi connectivity index (χ1) is 5.79. The zero-order valence-corrected chi connectivity index (χ0v) is 6.82. The largest absolute Gasteiger partial charge is 0.275 e. The summed E-state index contributed by atoms with van der Waals surface area (Å²) < 4.78 is 0.947. The second-order valence-corrected chi connectivity index (χ2v) is 2.74. The number of hydrogen-bond acceptors (Lipinski definition) is 2. The van der Waals surface area contributed by atoms with Gasteiger partial charge in [-0.25, -0.2) is 9.07 Å². The van der Waals surface area contributed by atoms with E-state index in [1.165, 1.54) is 6.33 Å². The summed E-state index contributed by atoms with van der Waals surface area (Å²) in [5.41, 5.74) is 0.432. The molecular formula is C8H5ClN2O. The molecule has 2 aromatic rings. The SMILES string of the molecule is O=c1c2ccccc2ncn1Cl. The van der Waals surface area contributed by atoms with Crippen molar-refractivity contribution >= 4 is 22.7 Å². The van der Waals surface area contributed by atoms with Crippen molar-refractivity contribution in [2.24, 2.45) is 0 Å². The smallest absolute Gasteiger partial charge is 0.267 e. The molecule has 0 atom stereocenters. The van der Waals surface area contributed by atoms with Gasteiger partial charge < -0.3 is 0 Å². The lowest BCUT2D eigenvalue weighted by molar-refractivity contribution is 1.08. The van der Waals surface area contributed by atoms with Gasteiger partial charge in [0.15, 0.2) is 0 Å². The molecule has 0 saturated carbocycles. The van der Waals surface area contributed by atoms with Crippen molar-refractivity contribution in [3.8, 4) is 0 Å². The van der Waals surface area contributed by atoms with Crippen LogP contribution in [0.3, 0.4) is 0 Å². The van der Waals surface area contributed by atoms with Crippen LogP contribution in [0.1, 0.15) is 0 Å². The topological polar surface area (TPSA) is 34.9 Å². The van der Waals surface area contributed by atoms with E-state index in [9.17, 15) is 4.79 Å². The number of halogens is 1. The van der Waals surface area contributed by atoms with E-state index in [0.29, 0.717) is 10.9 Å². The monoisotopic (exact) mass is 180 g/mol. The average molecular weight is 181 g/mol. The van der Waals surface area contributed by atoms with Crippen molar-refractivity contribution in [1.82, 2.24) is 9.07 Å². The molecule has 0 N–H and O–H groups in total. The van der Waals surface area contributed by atoms with Gasteiger partial charge in [-0.1, -0.05) is 12.1 Å². The van der Waals surface area contributed by atoms with E-state index in [0.717, 1.165) is 4.09 Å². The van der Waals surface area contributed by atoms with E-state index in [2.05, 4.69) is 4.98 Å². The predicted octanol–water partition coefficient (Wildman–Crippen LogP) is 1.40. The Morgan fingerprint density at radius 2 is 2.08 bits per heavy atom. The quantitative estimate of drug-likeness (QED) is 0.614. The maximum Gasteiger partial charge on any atom is 0.275 e. The van der Waals surface area contributed by atoms with Crippen molar-refractivity contribution in [3.05, 3.63) is 40.9 Å². The van der Waals surface area contributed by atoms with Gasteiger partial charge in [0, 0.05) is 11.8 Å². The molecule has 2 rings (SSSR count). The van der Waals surface area contributed by atoms with Gasteiger partial charge >= 0.3 is 0 Å². The summed E-state index contributed by atoms with van der Waals surface area (Å²) in [7, 11) is 0. The lowest BCUT2D eigenvalue weighted by atomic mass is 10.2. The van der Waals surface area contributed by atoms with E-state index in [4.69, 9.17) is 11.8 Å². The minimum atomic E-state index is -0.234. The van der Waals surface area contributed by atoms with Crippen LogP contribution in [-0.2, 0) is 0 Å². The van der Waals surface area contributed by atoms with E-state index in [1.807, 2.05) is 6.07 Å². The number of para-hydroxylation sites is 1. The fourth-order valence-electron chi connectivity index (χ4n) is 1.05. The number of rotatable bonds is 0. The summed E-state index contributed by atoms with van der Waals surface area (Å²) in [4.78, 5) is 15.3. The Morgan fingerprint density at radius 1 is 1.33 bits per heavy atom. The van der Waals surface area contributed by atoms with E-state index >= 15 is 0 Å². The molecule has 0 radical (unpaired) electrons. The summed E-state index contributed by atoms with van der Waals surface area (Å²) in [6.45, 7) is 0. The highest BCUT2D eigenvalue weighted by molar-refractivity contribution is 6.15. The molecule has 12 heavy (non-hydrogen) atoms. The number of nitrogens with zero attached hydrogens (tertiary/aromatic N) is 2. The maximum absolute atomic E-state index is 11.3. The van der Waals surface area contributed by atoms with Crippen molar-refractivity contribution in [3.63, 3.8) is 0 Å². The van der Waals surface area contributed by atoms with Crippen molar-refractivity contribution in [2.45, 2.75) is 0 Å². The van der Waals surface area contributed by atoms with Crippen LogP contribution in [0.25, 0.3) is 10.9 Å². The Hall–Kier alpha value is -1.35. The normalized spacial score (nSPS) is 10.4. The summed E-state index contributed by atoms with van der Waals surface area (Å²) in [6, 6.07) is 7.08. The van der Waals surface area contributed by atoms with Crippen molar-refractivity contribution in [2.75, 3.05) is 0 Å².